The van der Waals surface area contributed by atoms with Gasteiger partial charge in [-0.15, -0.1) is 0 Å². The zero-order chi connectivity index (χ0) is 14.7. The second kappa shape index (κ2) is 5.59. The third-order valence-corrected chi connectivity index (χ3v) is 3.15. The molecule has 0 radical (unpaired) electrons. The van der Waals surface area contributed by atoms with E-state index in [1.54, 1.807) is 30.3 Å². The molecule has 2 aromatic carbocycles. The summed E-state index contributed by atoms with van der Waals surface area (Å²) in [6, 6.07) is 17.6. The van der Waals surface area contributed by atoms with Crippen LogP contribution in [0.15, 0.2) is 76.0 Å². The Hall–Kier alpha value is -2.94. The van der Waals surface area contributed by atoms with Crippen molar-refractivity contribution in [2.45, 2.75) is 0 Å². The number of ketones is 1. The van der Waals surface area contributed by atoms with Crippen molar-refractivity contribution in [1.82, 2.24) is 0 Å². The smallest absolute Gasteiger partial charge is 0.336 e. The molecular weight excluding hydrogens is 264 g/mol. The lowest BCUT2D eigenvalue weighted by molar-refractivity contribution is 0.104. The number of benzene rings is 2. The summed E-state index contributed by atoms with van der Waals surface area (Å²) in [6.07, 6.45) is 3.12. The number of carbonyl (C=O) groups is 1. The van der Waals surface area contributed by atoms with E-state index >= 15 is 0 Å². The lowest BCUT2D eigenvalue weighted by atomic mass is 10.1. The molecule has 0 bridgehead atoms. The molecule has 0 aliphatic carbocycles. The first-order chi connectivity index (χ1) is 10.2. The molecule has 3 heteroatoms. The fraction of sp³-hybridized carbons (Fsp3) is 0. The Labute approximate surface area is 121 Å². The Kier molecular flexibility index (Phi) is 3.48. The zero-order valence-electron chi connectivity index (χ0n) is 11.2. The van der Waals surface area contributed by atoms with Crippen molar-refractivity contribution in [2.75, 3.05) is 0 Å². The van der Waals surface area contributed by atoms with E-state index in [0.717, 1.165) is 5.39 Å². The first kappa shape index (κ1) is 13.1. The van der Waals surface area contributed by atoms with Crippen molar-refractivity contribution in [2.24, 2.45) is 0 Å². The highest BCUT2D eigenvalue weighted by atomic mass is 16.4. The van der Waals surface area contributed by atoms with Gasteiger partial charge in [-0.2, -0.15) is 0 Å². The lowest BCUT2D eigenvalue weighted by Gasteiger charge is -2.00. The molecule has 3 aromatic rings. The zero-order valence-corrected chi connectivity index (χ0v) is 11.2. The maximum absolute atomic E-state index is 12.1. The largest absolute Gasteiger partial charge is 0.423 e. The first-order valence-corrected chi connectivity index (χ1v) is 6.54. The molecule has 1 heterocycles. The van der Waals surface area contributed by atoms with E-state index in [1.165, 1.54) is 12.1 Å². The normalized spacial score (nSPS) is 11.0. The summed E-state index contributed by atoms with van der Waals surface area (Å²) < 4.78 is 5.12. The minimum atomic E-state index is -0.430. The SMILES string of the molecule is O=C(/C=C/c1cc(=O)oc2ccccc12)c1ccccc1. The van der Waals surface area contributed by atoms with Crippen LogP contribution >= 0.6 is 0 Å². The quantitative estimate of drug-likeness (QED) is 0.416. The highest BCUT2D eigenvalue weighted by molar-refractivity contribution is 6.07. The van der Waals surface area contributed by atoms with Gasteiger partial charge in [-0.05, 0) is 17.7 Å². The van der Waals surface area contributed by atoms with Crippen LogP contribution in [0.1, 0.15) is 15.9 Å². The summed E-state index contributed by atoms with van der Waals surface area (Å²) in [5.41, 5.74) is 1.37. The average molecular weight is 276 g/mol. The van der Waals surface area contributed by atoms with Gasteiger partial charge in [-0.25, -0.2) is 4.79 Å². The number of para-hydroxylation sites is 1. The standard InChI is InChI=1S/C18H12O3/c19-16(13-6-2-1-3-7-13)11-10-14-12-18(20)21-17-9-5-4-8-15(14)17/h1-12H/b11-10+. The van der Waals surface area contributed by atoms with Gasteiger partial charge in [0.05, 0.1) is 0 Å². The fourth-order valence-corrected chi connectivity index (χ4v) is 2.14. The molecule has 3 rings (SSSR count). The van der Waals surface area contributed by atoms with E-state index in [1.807, 2.05) is 30.3 Å². The van der Waals surface area contributed by atoms with Gasteiger partial charge in [-0.1, -0.05) is 54.6 Å². The Balaban J connectivity index is 2.00. The molecule has 0 amide bonds. The van der Waals surface area contributed by atoms with Gasteiger partial charge in [0, 0.05) is 17.0 Å². The number of hydrogen-bond acceptors (Lipinski definition) is 3. The monoisotopic (exact) mass is 276 g/mol. The minimum Gasteiger partial charge on any atom is -0.423 e. The second-order valence-electron chi connectivity index (χ2n) is 4.58. The molecule has 0 fully saturated rings. The van der Waals surface area contributed by atoms with E-state index in [9.17, 15) is 9.59 Å². The number of allylic oxidation sites excluding steroid dienone is 1. The van der Waals surface area contributed by atoms with Gasteiger partial charge in [0.2, 0.25) is 0 Å². The van der Waals surface area contributed by atoms with Crippen LogP contribution < -0.4 is 5.63 Å². The summed E-state index contributed by atoms with van der Waals surface area (Å²) in [5.74, 6) is -0.104. The molecule has 0 atom stereocenters. The van der Waals surface area contributed by atoms with Gasteiger partial charge in [0.25, 0.3) is 0 Å². The fourth-order valence-electron chi connectivity index (χ4n) is 2.14. The van der Waals surface area contributed by atoms with Crippen LogP contribution in [-0.2, 0) is 0 Å². The second-order valence-corrected chi connectivity index (χ2v) is 4.58. The Morgan fingerprint density at radius 2 is 1.67 bits per heavy atom. The molecule has 0 saturated carbocycles. The molecule has 0 aliphatic rings. The number of carbonyl (C=O) groups excluding carboxylic acids is 1. The molecule has 21 heavy (non-hydrogen) atoms. The van der Waals surface area contributed by atoms with Crippen molar-refractivity contribution >= 4 is 22.8 Å². The summed E-state index contributed by atoms with van der Waals surface area (Å²) in [4.78, 5) is 23.6. The third kappa shape index (κ3) is 2.82. The van der Waals surface area contributed by atoms with Crippen molar-refractivity contribution in [3.63, 3.8) is 0 Å². The van der Waals surface area contributed by atoms with Crippen LogP contribution in [0.2, 0.25) is 0 Å². The maximum Gasteiger partial charge on any atom is 0.336 e. The van der Waals surface area contributed by atoms with E-state index in [0.29, 0.717) is 16.7 Å². The van der Waals surface area contributed by atoms with Crippen LogP contribution in [-0.4, -0.2) is 5.78 Å². The molecule has 0 spiro atoms. The van der Waals surface area contributed by atoms with Gasteiger partial charge < -0.3 is 4.42 Å². The molecule has 0 saturated heterocycles. The van der Waals surface area contributed by atoms with Gasteiger partial charge in [0.15, 0.2) is 5.78 Å². The topological polar surface area (TPSA) is 47.3 Å². The molecular formula is C18H12O3. The molecule has 1 aromatic heterocycles. The molecule has 3 nitrogen and oxygen atoms in total. The van der Waals surface area contributed by atoms with Crippen molar-refractivity contribution < 1.29 is 9.21 Å². The van der Waals surface area contributed by atoms with Crippen molar-refractivity contribution in [1.29, 1.82) is 0 Å². The predicted molar refractivity (Wildman–Crippen MR) is 82.3 cm³/mol. The molecule has 102 valence electrons. The van der Waals surface area contributed by atoms with E-state index in [2.05, 4.69) is 0 Å². The maximum atomic E-state index is 12.1. The Bertz CT molecular complexity index is 874. The number of fused-ring (bicyclic) bond motifs is 1. The number of rotatable bonds is 3. The van der Waals surface area contributed by atoms with Crippen LogP contribution in [0.25, 0.3) is 17.0 Å². The minimum absolute atomic E-state index is 0.104. The van der Waals surface area contributed by atoms with E-state index in [-0.39, 0.29) is 5.78 Å². The third-order valence-electron chi connectivity index (χ3n) is 3.15. The van der Waals surface area contributed by atoms with Gasteiger partial charge in [0.1, 0.15) is 5.58 Å². The summed E-state index contributed by atoms with van der Waals surface area (Å²) in [5, 5.41) is 0.800. The Morgan fingerprint density at radius 3 is 2.48 bits per heavy atom. The summed E-state index contributed by atoms with van der Waals surface area (Å²) in [7, 11) is 0. The van der Waals surface area contributed by atoms with Gasteiger partial charge >= 0.3 is 5.63 Å². The highest BCUT2D eigenvalue weighted by Gasteiger charge is 2.04. The highest BCUT2D eigenvalue weighted by Crippen LogP contribution is 2.17. The predicted octanol–water partition coefficient (Wildman–Crippen LogP) is 3.69. The van der Waals surface area contributed by atoms with Gasteiger partial charge in [-0.3, -0.25) is 4.79 Å². The first-order valence-electron chi connectivity index (χ1n) is 6.54. The van der Waals surface area contributed by atoms with Crippen LogP contribution in [0.4, 0.5) is 0 Å². The van der Waals surface area contributed by atoms with E-state index in [4.69, 9.17) is 4.42 Å². The lowest BCUT2D eigenvalue weighted by Crippen LogP contribution is -1.98. The molecule has 0 unspecified atom stereocenters. The van der Waals surface area contributed by atoms with Crippen LogP contribution in [0, 0.1) is 0 Å². The van der Waals surface area contributed by atoms with Crippen LogP contribution in [0.3, 0.4) is 0 Å². The molecule has 0 N–H and O–H groups in total. The van der Waals surface area contributed by atoms with Crippen molar-refractivity contribution in [3.05, 3.63) is 88.3 Å². The molecule has 0 aliphatic heterocycles. The Morgan fingerprint density at radius 1 is 0.952 bits per heavy atom. The summed E-state index contributed by atoms with van der Waals surface area (Å²) >= 11 is 0. The summed E-state index contributed by atoms with van der Waals surface area (Å²) in [6.45, 7) is 0. The average Bonchev–Trinajstić information content (AvgIpc) is 2.53. The van der Waals surface area contributed by atoms with Crippen molar-refractivity contribution in [3.8, 4) is 0 Å². The number of hydrogen-bond donors (Lipinski definition) is 0. The van der Waals surface area contributed by atoms with Crippen LogP contribution in [0.5, 0.6) is 0 Å². The van der Waals surface area contributed by atoms with E-state index < -0.39 is 5.63 Å².